The molecule has 1 N–H and O–H groups in total. The van der Waals surface area contributed by atoms with Crippen molar-refractivity contribution in [3.63, 3.8) is 0 Å². The standard InChI is InChI=1S/C16H16Cl2N2O/c1-10-5-4-6-14(19-10)15(21)20-16(2,3)11-7-8-12(17)13(18)9-11/h4-9H,1-3H3,(H,20,21). The summed E-state index contributed by atoms with van der Waals surface area (Å²) in [6, 6.07) is 10.7. The fourth-order valence-electron chi connectivity index (χ4n) is 1.97. The highest BCUT2D eigenvalue weighted by atomic mass is 35.5. The third-order valence-corrected chi connectivity index (χ3v) is 3.93. The fraction of sp³-hybridized carbons (Fsp3) is 0.250. The van der Waals surface area contributed by atoms with Gasteiger partial charge in [0.2, 0.25) is 0 Å². The number of carbonyl (C=O) groups excluding carboxylic acids is 1. The zero-order chi connectivity index (χ0) is 15.6. The maximum atomic E-state index is 12.3. The maximum absolute atomic E-state index is 12.3. The molecule has 21 heavy (non-hydrogen) atoms. The van der Waals surface area contributed by atoms with E-state index < -0.39 is 5.54 Å². The van der Waals surface area contributed by atoms with Crippen LogP contribution in [0.5, 0.6) is 0 Å². The zero-order valence-corrected chi connectivity index (χ0v) is 13.6. The topological polar surface area (TPSA) is 42.0 Å². The van der Waals surface area contributed by atoms with Crippen molar-refractivity contribution in [2.75, 3.05) is 0 Å². The summed E-state index contributed by atoms with van der Waals surface area (Å²) in [5.74, 6) is -0.227. The summed E-state index contributed by atoms with van der Waals surface area (Å²) in [4.78, 5) is 16.5. The molecule has 1 heterocycles. The third-order valence-electron chi connectivity index (χ3n) is 3.19. The number of hydrogen-bond acceptors (Lipinski definition) is 2. The Morgan fingerprint density at radius 3 is 2.48 bits per heavy atom. The van der Waals surface area contributed by atoms with Gasteiger partial charge in [0.15, 0.2) is 0 Å². The van der Waals surface area contributed by atoms with Gasteiger partial charge in [0, 0.05) is 5.69 Å². The van der Waals surface area contributed by atoms with Crippen LogP contribution in [0.25, 0.3) is 0 Å². The fourth-order valence-corrected chi connectivity index (χ4v) is 2.27. The van der Waals surface area contributed by atoms with E-state index in [-0.39, 0.29) is 5.91 Å². The van der Waals surface area contributed by atoms with Crippen molar-refractivity contribution >= 4 is 29.1 Å². The Morgan fingerprint density at radius 1 is 1.14 bits per heavy atom. The van der Waals surface area contributed by atoms with E-state index in [4.69, 9.17) is 23.2 Å². The van der Waals surface area contributed by atoms with Gasteiger partial charge in [0.05, 0.1) is 15.6 Å². The molecule has 0 aliphatic carbocycles. The first-order chi connectivity index (χ1) is 9.79. The van der Waals surface area contributed by atoms with E-state index >= 15 is 0 Å². The molecule has 0 aliphatic heterocycles. The molecule has 0 radical (unpaired) electrons. The Kier molecular flexibility index (Phi) is 4.55. The molecule has 0 unspecified atom stereocenters. The van der Waals surface area contributed by atoms with Gasteiger partial charge < -0.3 is 5.32 Å². The molecule has 0 aliphatic rings. The molecule has 5 heteroatoms. The van der Waals surface area contributed by atoms with E-state index in [1.807, 2.05) is 39.0 Å². The van der Waals surface area contributed by atoms with Crippen LogP contribution < -0.4 is 5.32 Å². The number of nitrogens with zero attached hydrogens (tertiary/aromatic N) is 1. The average Bonchev–Trinajstić information content (AvgIpc) is 2.41. The lowest BCUT2D eigenvalue weighted by Gasteiger charge is -2.27. The van der Waals surface area contributed by atoms with E-state index in [1.54, 1.807) is 18.2 Å². The van der Waals surface area contributed by atoms with Crippen LogP contribution >= 0.6 is 23.2 Å². The lowest BCUT2D eigenvalue weighted by Crippen LogP contribution is -2.41. The number of aromatic nitrogens is 1. The SMILES string of the molecule is Cc1cccc(C(=O)NC(C)(C)c2ccc(Cl)c(Cl)c2)n1. The Bertz CT molecular complexity index is 684. The normalized spacial score (nSPS) is 11.3. The first-order valence-corrected chi connectivity index (χ1v) is 7.27. The van der Waals surface area contributed by atoms with Crippen LogP contribution in [0.2, 0.25) is 10.0 Å². The first kappa shape index (κ1) is 15.8. The Hall–Kier alpha value is -1.58. The van der Waals surface area contributed by atoms with Crippen LogP contribution in [0.1, 0.15) is 35.6 Å². The van der Waals surface area contributed by atoms with Gasteiger partial charge in [-0.05, 0) is 50.6 Å². The highest BCUT2D eigenvalue weighted by Gasteiger charge is 2.24. The molecule has 0 bridgehead atoms. The smallest absolute Gasteiger partial charge is 0.270 e. The van der Waals surface area contributed by atoms with E-state index in [9.17, 15) is 4.79 Å². The number of carbonyl (C=O) groups is 1. The van der Waals surface area contributed by atoms with Crippen molar-refractivity contribution in [2.45, 2.75) is 26.3 Å². The van der Waals surface area contributed by atoms with Crippen LogP contribution in [-0.2, 0) is 5.54 Å². The molecule has 3 nitrogen and oxygen atoms in total. The van der Waals surface area contributed by atoms with Gasteiger partial charge in [-0.15, -0.1) is 0 Å². The molecule has 1 aromatic carbocycles. The van der Waals surface area contributed by atoms with E-state index in [0.717, 1.165) is 11.3 Å². The molecular formula is C16H16Cl2N2O. The molecule has 1 aromatic heterocycles. The Morgan fingerprint density at radius 2 is 1.86 bits per heavy atom. The minimum atomic E-state index is -0.587. The number of benzene rings is 1. The number of rotatable bonds is 3. The Labute approximate surface area is 134 Å². The van der Waals surface area contributed by atoms with Crippen LogP contribution in [0.15, 0.2) is 36.4 Å². The average molecular weight is 323 g/mol. The molecule has 0 fully saturated rings. The molecule has 0 spiro atoms. The number of pyridine rings is 1. The van der Waals surface area contributed by atoms with Crippen molar-refractivity contribution in [3.05, 3.63) is 63.4 Å². The van der Waals surface area contributed by atoms with Crippen LogP contribution in [0.3, 0.4) is 0 Å². The van der Waals surface area contributed by atoms with E-state index in [0.29, 0.717) is 15.7 Å². The van der Waals surface area contributed by atoms with E-state index in [1.165, 1.54) is 0 Å². The number of nitrogens with one attached hydrogen (secondary N) is 1. The number of amides is 1. The minimum Gasteiger partial charge on any atom is -0.342 e. The van der Waals surface area contributed by atoms with Gasteiger partial charge in [-0.3, -0.25) is 4.79 Å². The van der Waals surface area contributed by atoms with Crippen molar-refractivity contribution in [3.8, 4) is 0 Å². The molecule has 0 atom stereocenters. The van der Waals surface area contributed by atoms with Crippen molar-refractivity contribution in [1.82, 2.24) is 10.3 Å². The van der Waals surface area contributed by atoms with Crippen molar-refractivity contribution in [2.24, 2.45) is 0 Å². The summed E-state index contributed by atoms with van der Waals surface area (Å²) in [6.45, 7) is 5.65. The molecule has 2 aromatic rings. The van der Waals surface area contributed by atoms with Crippen LogP contribution in [-0.4, -0.2) is 10.9 Å². The molecule has 0 saturated heterocycles. The second-order valence-corrected chi connectivity index (χ2v) is 6.19. The van der Waals surface area contributed by atoms with Gasteiger partial charge in [-0.25, -0.2) is 4.98 Å². The number of aryl methyl sites for hydroxylation is 1. The molecule has 0 saturated carbocycles. The monoisotopic (exact) mass is 322 g/mol. The van der Waals surface area contributed by atoms with Crippen molar-refractivity contribution < 1.29 is 4.79 Å². The number of halogens is 2. The summed E-state index contributed by atoms with van der Waals surface area (Å²) >= 11 is 12.0. The van der Waals surface area contributed by atoms with Gasteiger partial charge in [-0.2, -0.15) is 0 Å². The van der Waals surface area contributed by atoms with Gasteiger partial charge >= 0.3 is 0 Å². The zero-order valence-electron chi connectivity index (χ0n) is 12.1. The van der Waals surface area contributed by atoms with Gasteiger partial charge in [-0.1, -0.05) is 35.3 Å². The number of hydrogen-bond donors (Lipinski definition) is 1. The lowest BCUT2D eigenvalue weighted by molar-refractivity contribution is 0.0906. The van der Waals surface area contributed by atoms with Gasteiger partial charge in [0.25, 0.3) is 5.91 Å². The summed E-state index contributed by atoms with van der Waals surface area (Å²) in [5.41, 5.74) is 1.48. The second-order valence-electron chi connectivity index (χ2n) is 5.37. The molecule has 2 rings (SSSR count). The minimum absolute atomic E-state index is 0.227. The van der Waals surface area contributed by atoms with Crippen LogP contribution in [0, 0.1) is 6.92 Å². The summed E-state index contributed by atoms with van der Waals surface area (Å²) in [5, 5.41) is 3.91. The summed E-state index contributed by atoms with van der Waals surface area (Å²) in [6.07, 6.45) is 0. The largest absolute Gasteiger partial charge is 0.342 e. The third kappa shape index (κ3) is 3.74. The Balaban J connectivity index is 2.24. The highest BCUT2D eigenvalue weighted by molar-refractivity contribution is 6.42. The summed E-state index contributed by atoms with van der Waals surface area (Å²) in [7, 11) is 0. The van der Waals surface area contributed by atoms with Gasteiger partial charge in [0.1, 0.15) is 5.69 Å². The summed E-state index contributed by atoms with van der Waals surface area (Å²) < 4.78 is 0. The predicted molar refractivity (Wildman–Crippen MR) is 85.9 cm³/mol. The van der Waals surface area contributed by atoms with Crippen molar-refractivity contribution in [1.29, 1.82) is 0 Å². The van der Waals surface area contributed by atoms with E-state index in [2.05, 4.69) is 10.3 Å². The molecule has 1 amide bonds. The quantitative estimate of drug-likeness (QED) is 0.912. The molecule has 110 valence electrons. The maximum Gasteiger partial charge on any atom is 0.270 e. The lowest BCUT2D eigenvalue weighted by atomic mass is 9.94. The highest BCUT2D eigenvalue weighted by Crippen LogP contribution is 2.28. The first-order valence-electron chi connectivity index (χ1n) is 6.51. The second kappa shape index (κ2) is 6.04. The predicted octanol–water partition coefficient (Wildman–Crippen LogP) is 4.36. The van der Waals surface area contributed by atoms with Crippen LogP contribution in [0.4, 0.5) is 0 Å². The molecular weight excluding hydrogens is 307 g/mol.